The topological polar surface area (TPSA) is 0 Å². The number of hydrogen-bond donors (Lipinski definition) is 0. The van der Waals surface area contributed by atoms with Crippen molar-refractivity contribution in [2.45, 2.75) is 80.1 Å². The standard InChI is InChI=1S/C20H34/c1-16(20(5,6)7)18-13-11-17(12-14-18)10-8-9-15-19(2,3)4/h11-14,16H,8-10,15H2,1-7H3. The van der Waals surface area contributed by atoms with Gasteiger partial charge in [0.05, 0.1) is 0 Å². The molecule has 1 aromatic carbocycles. The number of aryl methyl sites for hydroxylation is 1. The van der Waals surface area contributed by atoms with Gasteiger partial charge in [-0.2, -0.15) is 0 Å². The zero-order valence-corrected chi connectivity index (χ0v) is 14.7. The molecule has 114 valence electrons. The van der Waals surface area contributed by atoms with E-state index in [1.807, 2.05) is 0 Å². The molecule has 1 atom stereocenters. The zero-order chi connectivity index (χ0) is 15.4. The lowest BCUT2D eigenvalue weighted by molar-refractivity contribution is 0.339. The summed E-state index contributed by atoms with van der Waals surface area (Å²) in [6.45, 7) is 16.3. The molecule has 0 saturated heterocycles. The van der Waals surface area contributed by atoms with E-state index in [-0.39, 0.29) is 0 Å². The number of hydrogen-bond acceptors (Lipinski definition) is 0. The first-order valence-corrected chi connectivity index (χ1v) is 8.18. The molecule has 1 unspecified atom stereocenters. The summed E-state index contributed by atoms with van der Waals surface area (Å²) in [5, 5.41) is 0. The van der Waals surface area contributed by atoms with Gasteiger partial charge in [0, 0.05) is 0 Å². The molecule has 0 radical (unpaired) electrons. The fourth-order valence-electron chi connectivity index (χ4n) is 2.46. The second-order valence-electron chi connectivity index (χ2n) is 8.60. The summed E-state index contributed by atoms with van der Waals surface area (Å²) in [5.74, 6) is 0.609. The van der Waals surface area contributed by atoms with Gasteiger partial charge in [-0.25, -0.2) is 0 Å². The van der Waals surface area contributed by atoms with Crippen molar-refractivity contribution >= 4 is 0 Å². The third-order valence-electron chi connectivity index (χ3n) is 4.42. The van der Waals surface area contributed by atoms with E-state index in [2.05, 4.69) is 72.7 Å². The molecule has 0 bridgehead atoms. The van der Waals surface area contributed by atoms with Crippen molar-refractivity contribution in [2.24, 2.45) is 10.8 Å². The van der Waals surface area contributed by atoms with Gasteiger partial charge in [0.15, 0.2) is 0 Å². The Morgan fingerprint density at radius 3 is 1.85 bits per heavy atom. The Morgan fingerprint density at radius 1 is 0.850 bits per heavy atom. The van der Waals surface area contributed by atoms with Crippen molar-refractivity contribution in [3.8, 4) is 0 Å². The van der Waals surface area contributed by atoms with Gasteiger partial charge in [0.2, 0.25) is 0 Å². The van der Waals surface area contributed by atoms with Crippen LogP contribution in [0.3, 0.4) is 0 Å². The van der Waals surface area contributed by atoms with Crippen LogP contribution >= 0.6 is 0 Å². The first-order chi connectivity index (χ1) is 9.09. The SMILES string of the molecule is CC(c1ccc(CCCCC(C)(C)C)cc1)C(C)(C)C. The molecule has 0 aromatic heterocycles. The Labute approximate surface area is 127 Å². The van der Waals surface area contributed by atoms with Crippen LogP contribution in [0, 0.1) is 10.8 Å². The first kappa shape index (κ1) is 17.3. The molecule has 0 N–H and O–H groups in total. The van der Waals surface area contributed by atoms with Crippen LogP contribution in [0.25, 0.3) is 0 Å². The van der Waals surface area contributed by atoms with Gasteiger partial charge in [0.1, 0.15) is 0 Å². The summed E-state index contributed by atoms with van der Waals surface area (Å²) in [7, 11) is 0. The lowest BCUT2D eigenvalue weighted by Crippen LogP contribution is -2.15. The van der Waals surface area contributed by atoms with Crippen molar-refractivity contribution in [3.63, 3.8) is 0 Å². The highest BCUT2D eigenvalue weighted by Gasteiger charge is 2.21. The van der Waals surface area contributed by atoms with E-state index in [1.165, 1.54) is 36.8 Å². The average molecular weight is 274 g/mol. The zero-order valence-electron chi connectivity index (χ0n) is 14.7. The summed E-state index contributed by atoms with van der Waals surface area (Å²) in [6.07, 6.45) is 5.20. The molecular formula is C20H34. The fraction of sp³-hybridized carbons (Fsp3) is 0.700. The summed E-state index contributed by atoms with van der Waals surface area (Å²) in [6, 6.07) is 9.31. The van der Waals surface area contributed by atoms with Crippen LogP contribution in [0.5, 0.6) is 0 Å². The van der Waals surface area contributed by atoms with Gasteiger partial charge >= 0.3 is 0 Å². The molecule has 0 spiro atoms. The quantitative estimate of drug-likeness (QED) is 0.531. The van der Waals surface area contributed by atoms with Crippen molar-refractivity contribution in [1.82, 2.24) is 0 Å². The summed E-state index contributed by atoms with van der Waals surface area (Å²) in [5.41, 5.74) is 3.78. The maximum atomic E-state index is 2.33. The van der Waals surface area contributed by atoms with Crippen molar-refractivity contribution in [1.29, 1.82) is 0 Å². The largest absolute Gasteiger partial charge is 0.0602 e. The van der Waals surface area contributed by atoms with Gasteiger partial charge in [0.25, 0.3) is 0 Å². The van der Waals surface area contributed by atoms with E-state index in [0.29, 0.717) is 16.7 Å². The normalized spacial score (nSPS) is 14.3. The lowest BCUT2D eigenvalue weighted by Gasteiger charge is -2.27. The second kappa shape index (κ2) is 6.78. The molecule has 0 heteroatoms. The second-order valence-corrected chi connectivity index (χ2v) is 8.60. The molecule has 1 rings (SSSR count). The van der Waals surface area contributed by atoms with Crippen molar-refractivity contribution < 1.29 is 0 Å². The molecule has 0 nitrogen and oxygen atoms in total. The minimum absolute atomic E-state index is 0.341. The van der Waals surface area contributed by atoms with Gasteiger partial charge in [-0.15, -0.1) is 0 Å². The highest BCUT2D eigenvalue weighted by molar-refractivity contribution is 5.26. The molecule has 0 aliphatic carbocycles. The maximum absolute atomic E-state index is 2.33. The molecule has 1 aromatic rings. The van der Waals surface area contributed by atoms with Crippen LogP contribution in [0.4, 0.5) is 0 Å². The Balaban J connectivity index is 2.47. The van der Waals surface area contributed by atoms with E-state index >= 15 is 0 Å². The Hall–Kier alpha value is -0.780. The summed E-state index contributed by atoms with van der Waals surface area (Å²) in [4.78, 5) is 0. The van der Waals surface area contributed by atoms with Crippen LogP contribution in [0.2, 0.25) is 0 Å². The van der Waals surface area contributed by atoms with E-state index in [1.54, 1.807) is 0 Å². The Kier molecular flexibility index (Phi) is 5.86. The number of rotatable bonds is 5. The average Bonchev–Trinajstić information content (AvgIpc) is 2.32. The summed E-state index contributed by atoms with van der Waals surface area (Å²) >= 11 is 0. The van der Waals surface area contributed by atoms with Crippen LogP contribution in [-0.2, 0) is 6.42 Å². The van der Waals surface area contributed by atoms with Gasteiger partial charge in [-0.1, -0.05) is 79.2 Å². The smallest absolute Gasteiger partial charge is 0.0142 e. The maximum Gasteiger partial charge on any atom is -0.0142 e. The van der Waals surface area contributed by atoms with Crippen LogP contribution in [-0.4, -0.2) is 0 Å². The van der Waals surface area contributed by atoms with Gasteiger partial charge < -0.3 is 0 Å². The molecule has 0 aliphatic rings. The molecule has 0 saturated carbocycles. The lowest BCUT2D eigenvalue weighted by atomic mass is 9.77. The highest BCUT2D eigenvalue weighted by atomic mass is 14.3. The molecule has 0 fully saturated rings. The van der Waals surface area contributed by atoms with E-state index in [4.69, 9.17) is 0 Å². The minimum Gasteiger partial charge on any atom is -0.0602 e. The fourth-order valence-corrected chi connectivity index (χ4v) is 2.46. The Bertz CT molecular complexity index is 384. The predicted octanol–water partition coefficient (Wildman–Crippen LogP) is 6.60. The predicted molar refractivity (Wildman–Crippen MR) is 91.3 cm³/mol. The summed E-state index contributed by atoms with van der Waals surface area (Å²) < 4.78 is 0. The molecule has 0 amide bonds. The number of unbranched alkanes of at least 4 members (excludes halogenated alkanes) is 1. The molecule has 0 aliphatic heterocycles. The molecule has 0 heterocycles. The minimum atomic E-state index is 0.341. The third kappa shape index (κ3) is 6.11. The van der Waals surface area contributed by atoms with E-state index in [9.17, 15) is 0 Å². The van der Waals surface area contributed by atoms with Crippen LogP contribution in [0.1, 0.15) is 84.8 Å². The molecular weight excluding hydrogens is 240 g/mol. The van der Waals surface area contributed by atoms with Crippen LogP contribution in [0.15, 0.2) is 24.3 Å². The van der Waals surface area contributed by atoms with E-state index in [0.717, 1.165) is 0 Å². The van der Waals surface area contributed by atoms with Gasteiger partial charge in [-0.3, -0.25) is 0 Å². The highest BCUT2D eigenvalue weighted by Crippen LogP contribution is 2.34. The Morgan fingerprint density at radius 2 is 1.40 bits per heavy atom. The van der Waals surface area contributed by atoms with Crippen molar-refractivity contribution in [2.75, 3.05) is 0 Å². The van der Waals surface area contributed by atoms with Crippen molar-refractivity contribution in [3.05, 3.63) is 35.4 Å². The van der Waals surface area contributed by atoms with Gasteiger partial charge in [-0.05, 0) is 47.1 Å². The monoisotopic (exact) mass is 274 g/mol. The first-order valence-electron chi connectivity index (χ1n) is 8.18. The third-order valence-corrected chi connectivity index (χ3v) is 4.42. The van der Waals surface area contributed by atoms with Crippen LogP contribution < -0.4 is 0 Å². The molecule has 20 heavy (non-hydrogen) atoms. The number of benzene rings is 1. The van der Waals surface area contributed by atoms with E-state index < -0.39 is 0 Å².